The second kappa shape index (κ2) is 6.05. The molecule has 1 aromatic heterocycles. The van der Waals surface area contributed by atoms with E-state index in [1.165, 1.54) is 4.68 Å². The lowest BCUT2D eigenvalue weighted by Crippen LogP contribution is -2.26. The third-order valence-corrected chi connectivity index (χ3v) is 2.31. The molecule has 0 radical (unpaired) electrons. The van der Waals surface area contributed by atoms with Gasteiger partial charge in [-0.05, 0) is 6.42 Å². The number of aromatic nitrogens is 2. The Kier molecular flexibility index (Phi) is 4.69. The third kappa shape index (κ3) is 3.18. The van der Waals surface area contributed by atoms with E-state index in [4.69, 9.17) is 0 Å². The van der Waals surface area contributed by atoms with Gasteiger partial charge in [0.1, 0.15) is 6.29 Å². The lowest BCUT2D eigenvalue weighted by atomic mass is 10.3. The molecule has 0 fully saturated rings. The minimum absolute atomic E-state index is 0.165. The zero-order valence-electron chi connectivity index (χ0n) is 9.72. The van der Waals surface area contributed by atoms with Crippen LogP contribution < -0.4 is 10.5 Å². The minimum atomic E-state index is -0.165. The molecule has 0 unspecified atom stereocenters. The van der Waals surface area contributed by atoms with Crippen molar-refractivity contribution in [1.82, 2.24) is 9.78 Å². The summed E-state index contributed by atoms with van der Waals surface area (Å²) in [6.07, 6.45) is 3.77. The predicted octanol–water partition coefficient (Wildman–Crippen LogP) is 0.678. The van der Waals surface area contributed by atoms with Crippen molar-refractivity contribution in [2.75, 3.05) is 18.5 Å². The molecule has 0 atom stereocenters. The number of carbonyl (C=O) groups is 1. The zero-order chi connectivity index (χ0) is 12.0. The number of nitrogens with zero attached hydrogens (tertiary/aromatic N) is 3. The Labute approximate surface area is 94.7 Å². The average Bonchev–Trinajstić information content (AvgIpc) is 2.27. The fraction of sp³-hybridized carbons (Fsp3) is 0.545. The number of hydrogen-bond acceptors (Lipinski definition) is 4. The van der Waals surface area contributed by atoms with Crippen molar-refractivity contribution >= 4 is 12.0 Å². The highest BCUT2D eigenvalue weighted by molar-refractivity contribution is 5.49. The van der Waals surface area contributed by atoms with Crippen molar-refractivity contribution in [2.24, 2.45) is 0 Å². The molecule has 0 bridgehead atoms. The molecule has 0 spiro atoms. The summed E-state index contributed by atoms with van der Waals surface area (Å²) in [4.78, 5) is 23.8. The molecule has 0 aromatic carbocycles. The molecule has 1 aromatic rings. The highest BCUT2D eigenvalue weighted by Gasteiger charge is 2.03. The number of aldehydes is 1. The lowest BCUT2D eigenvalue weighted by Gasteiger charge is -2.17. The monoisotopic (exact) mass is 223 g/mol. The standard InChI is InChI=1S/C11H17N3O2/c1-3-5-13(2)10-8-11(16)14(12-9-10)6-4-7-15/h7-9H,3-6H2,1-2H3. The van der Waals surface area contributed by atoms with Crippen LogP contribution in [-0.2, 0) is 11.3 Å². The molecular formula is C11H17N3O2. The maximum absolute atomic E-state index is 11.6. The summed E-state index contributed by atoms with van der Waals surface area (Å²) < 4.78 is 1.30. The van der Waals surface area contributed by atoms with Crippen molar-refractivity contribution < 1.29 is 4.79 Å². The summed E-state index contributed by atoms with van der Waals surface area (Å²) in [7, 11) is 1.93. The average molecular weight is 223 g/mol. The molecule has 0 N–H and O–H groups in total. The fourth-order valence-corrected chi connectivity index (χ4v) is 1.44. The van der Waals surface area contributed by atoms with Crippen molar-refractivity contribution in [3.8, 4) is 0 Å². The topological polar surface area (TPSA) is 55.2 Å². The van der Waals surface area contributed by atoms with Crippen LogP contribution in [0.2, 0.25) is 0 Å². The summed E-state index contributed by atoms with van der Waals surface area (Å²) in [5.41, 5.74) is 0.650. The minimum Gasteiger partial charge on any atom is -0.373 e. The maximum Gasteiger partial charge on any atom is 0.268 e. The quantitative estimate of drug-likeness (QED) is 0.665. The number of aryl methyl sites for hydroxylation is 1. The molecule has 1 heterocycles. The van der Waals surface area contributed by atoms with Crippen molar-refractivity contribution in [3.05, 3.63) is 22.6 Å². The second-order valence-electron chi connectivity index (χ2n) is 3.65. The first kappa shape index (κ1) is 12.4. The van der Waals surface area contributed by atoms with Gasteiger partial charge in [0.2, 0.25) is 0 Å². The van der Waals surface area contributed by atoms with Gasteiger partial charge in [-0.25, -0.2) is 4.68 Å². The van der Waals surface area contributed by atoms with Crippen molar-refractivity contribution in [1.29, 1.82) is 0 Å². The number of rotatable bonds is 6. The summed E-state index contributed by atoms with van der Waals surface area (Å²) in [5.74, 6) is 0. The first-order valence-electron chi connectivity index (χ1n) is 5.41. The van der Waals surface area contributed by atoms with E-state index in [2.05, 4.69) is 12.0 Å². The predicted molar refractivity (Wildman–Crippen MR) is 62.7 cm³/mol. The van der Waals surface area contributed by atoms with Crippen molar-refractivity contribution in [2.45, 2.75) is 26.3 Å². The molecule has 0 saturated heterocycles. The van der Waals surface area contributed by atoms with Crippen LogP contribution >= 0.6 is 0 Å². The van der Waals surface area contributed by atoms with Gasteiger partial charge < -0.3 is 9.69 Å². The SMILES string of the molecule is CCCN(C)c1cnn(CCC=O)c(=O)c1. The van der Waals surface area contributed by atoms with Crippen LogP contribution in [0.4, 0.5) is 5.69 Å². The van der Waals surface area contributed by atoms with Crippen LogP contribution in [0.15, 0.2) is 17.1 Å². The Morgan fingerprint density at radius 3 is 2.88 bits per heavy atom. The fourth-order valence-electron chi connectivity index (χ4n) is 1.44. The van der Waals surface area contributed by atoms with Crippen LogP contribution in [0, 0.1) is 0 Å². The Morgan fingerprint density at radius 1 is 1.56 bits per heavy atom. The van der Waals surface area contributed by atoms with Gasteiger partial charge in [-0.15, -0.1) is 0 Å². The van der Waals surface area contributed by atoms with Gasteiger partial charge in [0.15, 0.2) is 0 Å². The highest BCUT2D eigenvalue weighted by Crippen LogP contribution is 2.06. The van der Waals surface area contributed by atoms with E-state index in [9.17, 15) is 9.59 Å². The van der Waals surface area contributed by atoms with E-state index < -0.39 is 0 Å². The zero-order valence-corrected chi connectivity index (χ0v) is 9.72. The first-order chi connectivity index (χ1) is 7.69. The molecule has 5 nitrogen and oxygen atoms in total. The van der Waals surface area contributed by atoms with Crippen LogP contribution in [0.3, 0.4) is 0 Å². The van der Waals surface area contributed by atoms with E-state index in [1.54, 1.807) is 12.3 Å². The Morgan fingerprint density at radius 2 is 2.31 bits per heavy atom. The molecule has 5 heteroatoms. The third-order valence-electron chi connectivity index (χ3n) is 2.31. The summed E-state index contributed by atoms with van der Waals surface area (Å²) in [6, 6.07) is 1.55. The molecular weight excluding hydrogens is 206 g/mol. The number of anilines is 1. The van der Waals surface area contributed by atoms with E-state index in [-0.39, 0.29) is 5.56 Å². The summed E-state index contributed by atoms with van der Waals surface area (Å²) in [6.45, 7) is 3.31. The molecule has 0 saturated carbocycles. The lowest BCUT2D eigenvalue weighted by molar-refractivity contribution is -0.108. The molecule has 0 aliphatic carbocycles. The highest BCUT2D eigenvalue weighted by atomic mass is 16.1. The first-order valence-corrected chi connectivity index (χ1v) is 5.41. The van der Waals surface area contributed by atoms with Crippen LogP contribution in [0.1, 0.15) is 19.8 Å². The molecule has 1 rings (SSSR count). The van der Waals surface area contributed by atoms with E-state index >= 15 is 0 Å². The summed E-state index contributed by atoms with van der Waals surface area (Å²) in [5, 5.41) is 4.02. The smallest absolute Gasteiger partial charge is 0.268 e. The second-order valence-corrected chi connectivity index (χ2v) is 3.65. The number of carbonyl (C=O) groups excluding carboxylic acids is 1. The van der Waals surface area contributed by atoms with Gasteiger partial charge >= 0.3 is 0 Å². The van der Waals surface area contributed by atoms with E-state index in [0.717, 1.165) is 24.9 Å². The van der Waals surface area contributed by atoms with Gasteiger partial charge in [-0.2, -0.15) is 5.10 Å². The molecule has 88 valence electrons. The number of hydrogen-bond donors (Lipinski definition) is 0. The van der Waals surface area contributed by atoms with Gasteiger partial charge in [0, 0.05) is 26.1 Å². The van der Waals surface area contributed by atoms with Crippen LogP contribution in [0.5, 0.6) is 0 Å². The molecule has 0 aliphatic heterocycles. The molecule has 0 amide bonds. The Hall–Kier alpha value is -1.65. The van der Waals surface area contributed by atoms with Crippen LogP contribution in [-0.4, -0.2) is 29.7 Å². The molecule has 0 aliphatic rings. The van der Waals surface area contributed by atoms with E-state index in [1.807, 2.05) is 11.9 Å². The Bertz CT molecular complexity index is 400. The largest absolute Gasteiger partial charge is 0.373 e. The normalized spacial score (nSPS) is 10.1. The van der Waals surface area contributed by atoms with Gasteiger partial charge in [0.25, 0.3) is 5.56 Å². The van der Waals surface area contributed by atoms with Crippen LogP contribution in [0.25, 0.3) is 0 Å². The van der Waals surface area contributed by atoms with E-state index in [0.29, 0.717) is 13.0 Å². The Balaban J connectivity index is 2.82. The molecule has 16 heavy (non-hydrogen) atoms. The van der Waals surface area contributed by atoms with Gasteiger partial charge in [-0.1, -0.05) is 6.92 Å². The maximum atomic E-state index is 11.6. The van der Waals surface area contributed by atoms with Gasteiger partial charge in [-0.3, -0.25) is 4.79 Å². The summed E-state index contributed by atoms with van der Waals surface area (Å²) >= 11 is 0. The van der Waals surface area contributed by atoms with Gasteiger partial charge in [0.05, 0.1) is 18.4 Å². The van der Waals surface area contributed by atoms with Crippen molar-refractivity contribution in [3.63, 3.8) is 0 Å².